The summed E-state index contributed by atoms with van der Waals surface area (Å²) in [6, 6.07) is 0. The number of hydrogen-bond acceptors (Lipinski definition) is 4. The fourth-order valence-corrected chi connectivity index (χ4v) is 0.750. The monoisotopic (exact) mass is 124 g/mol. The van der Waals surface area contributed by atoms with Crippen LogP contribution in [0, 0.1) is 0 Å². The molecule has 0 saturated carbocycles. The van der Waals surface area contributed by atoms with Crippen LogP contribution in [0.15, 0.2) is 0 Å². The molecule has 0 aliphatic carbocycles. The minimum Gasteiger partial charge on any atom is -0.257 e. The van der Waals surface area contributed by atoms with E-state index in [4.69, 9.17) is 0 Å². The van der Waals surface area contributed by atoms with Gasteiger partial charge in [-0.2, -0.15) is 0 Å². The van der Waals surface area contributed by atoms with Gasteiger partial charge in [0, 0.05) is 22.0 Å². The third-order valence-electron chi connectivity index (χ3n) is 0.208. The van der Waals surface area contributed by atoms with Crippen LogP contribution < -0.4 is 9.44 Å². The predicted molar refractivity (Wildman–Crippen MR) is 33.3 cm³/mol. The van der Waals surface area contributed by atoms with Crippen LogP contribution in [0.3, 0.4) is 0 Å². The first-order valence-corrected chi connectivity index (χ1v) is 3.72. The maximum atomic E-state index is 2.89. The molecular weight excluding hydrogens is 116 g/mol. The van der Waals surface area contributed by atoms with Gasteiger partial charge in [0.2, 0.25) is 0 Å². The van der Waals surface area contributed by atoms with Gasteiger partial charge in [0.15, 0.2) is 0 Å². The molecule has 0 bridgehead atoms. The third-order valence-corrected chi connectivity index (χ3v) is 1.87. The Bertz CT molecular complexity index is 21.5. The van der Waals surface area contributed by atoms with Crippen LogP contribution in [0.4, 0.5) is 0 Å². The Kier molecular flexibility index (Phi) is 6.20. The van der Waals surface area contributed by atoms with Crippen molar-refractivity contribution >= 4 is 22.0 Å². The molecule has 2 nitrogen and oxygen atoms in total. The van der Waals surface area contributed by atoms with Gasteiger partial charge >= 0.3 is 0 Å². The molecule has 0 fully saturated rings. The highest BCUT2D eigenvalue weighted by Gasteiger charge is 1.72. The quantitative estimate of drug-likeness (QED) is 0.327. The lowest BCUT2D eigenvalue weighted by molar-refractivity contribution is 1.30. The Balaban J connectivity index is 2.34. The molecular formula is C2H8N2S2. The van der Waals surface area contributed by atoms with Crippen LogP contribution in [0.5, 0.6) is 0 Å². The van der Waals surface area contributed by atoms with Crippen LogP contribution in [-0.2, 0) is 0 Å². The average molecular weight is 124 g/mol. The summed E-state index contributed by atoms with van der Waals surface area (Å²) < 4.78 is 5.77. The summed E-state index contributed by atoms with van der Waals surface area (Å²) in [4.78, 5) is 0. The van der Waals surface area contributed by atoms with Crippen molar-refractivity contribution in [2.24, 2.45) is 0 Å². The fraction of sp³-hybridized carbons (Fsp3) is 1.00. The maximum Gasteiger partial charge on any atom is 0.00492 e. The van der Waals surface area contributed by atoms with E-state index in [0.717, 1.165) is 0 Å². The topological polar surface area (TPSA) is 24.1 Å². The van der Waals surface area contributed by atoms with Gasteiger partial charge in [0.05, 0.1) is 0 Å². The largest absolute Gasteiger partial charge is 0.257 e. The molecule has 0 spiro atoms. The van der Waals surface area contributed by atoms with Gasteiger partial charge < -0.3 is 0 Å². The van der Waals surface area contributed by atoms with Crippen molar-refractivity contribution < 1.29 is 0 Å². The minimum atomic E-state index is 1.56. The van der Waals surface area contributed by atoms with Crippen LogP contribution >= 0.6 is 22.0 Å². The van der Waals surface area contributed by atoms with E-state index >= 15 is 0 Å². The van der Waals surface area contributed by atoms with Crippen LogP contribution in [0.2, 0.25) is 0 Å². The van der Waals surface area contributed by atoms with Gasteiger partial charge in [-0.15, -0.1) is 0 Å². The van der Waals surface area contributed by atoms with Crippen molar-refractivity contribution in [2.75, 3.05) is 14.1 Å². The summed E-state index contributed by atoms with van der Waals surface area (Å²) in [5.74, 6) is 0. The normalized spacial score (nSPS) is 9.00. The van der Waals surface area contributed by atoms with Crippen LogP contribution in [0.1, 0.15) is 0 Å². The lowest BCUT2D eigenvalue weighted by Gasteiger charge is -1.90. The van der Waals surface area contributed by atoms with Crippen molar-refractivity contribution in [1.29, 1.82) is 0 Å². The molecule has 0 amide bonds. The molecule has 0 aliphatic heterocycles. The van der Waals surface area contributed by atoms with E-state index in [9.17, 15) is 0 Å². The Morgan fingerprint density at radius 2 is 1.33 bits per heavy atom. The summed E-state index contributed by atoms with van der Waals surface area (Å²) in [7, 11) is 6.90. The van der Waals surface area contributed by atoms with Crippen LogP contribution in [0.25, 0.3) is 0 Å². The van der Waals surface area contributed by atoms with E-state index < -0.39 is 0 Å². The zero-order chi connectivity index (χ0) is 4.83. The second-order valence-corrected chi connectivity index (χ2v) is 2.72. The van der Waals surface area contributed by atoms with E-state index in [1.165, 1.54) is 0 Å². The minimum absolute atomic E-state index is 1.56. The molecule has 0 rings (SSSR count). The molecule has 0 aromatic rings. The maximum absolute atomic E-state index is 2.89. The van der Waals surface area contributed by atoms with E-state index in [-0.39, 0.29) is 0 Å². The van der Waals surface area contributed by atoms with E-state index in [1.54, 1.807) is 22.0 Å². The van der Waals surface area contributed by atoms with Crippen molar-refractivity contribution in [3.8, 4) is 0 Å². The van der Waals surface area contributed by atoms with E-state index in [2.05, 4.69) is 9.44 Å². The SMILES string of the molecule is CNSSNC. The highest BCUT2D eigenvalue weighted by Crippen LogP contribution is 2.08. The molecule has 0 unspecified atom stereocenters. The van der Waals surface area contributed by atoms with Gasteiger partial charge in [-0.3, -0.25) is 9.44 Å². The predicted octanol–water partition coefficient (Wildman–Crippen LogP) is 0.637. The number of nitrogens with one attached hydrogen (secondary N) is 2. The Morgan fingerprint density at radius 1 is 1.00 bits per heavy atom. The second kappa shape index (κ2) is 5.62. The van der Waals surface area contributed by atoms with Crippen molar-refractivity contribution in [2.45, 2.75) is 0 Å². The summed E-state index contributed by atoms with van der Waals surface area (Å²) in [6.45, 7) is 0. The molecule has 0 aromatic carbocycles. The molecule has 0 aliphatic rings. The zero-order valence-corrected chi connectivity index (χ0v) is 5.45. The van der Waals surface area contributed by atoms with Crippen molar-refractivity contribution in [3.05, 3.63) is 0 Å². The summed E-state index contributed by atoms with van der Waals surface area (Å²) in [6.07, 6.45) is 0. The van der Waals surface area contributed by atoms with E-state index in [0.29, 0.717) is 0 Å². The summed E-state index contributed by atoms with van der Waals surface area (Å²) >= 11 is 0. The van der Waals surface area contributed by atoms with Crippen LogP contribution in [-0.4, -0.2) is 14.1 Å². The molecule has 0 saturated heterocycles. The first-order valence-electron chi connectivity index (χ1n) is 1.57. The average Bonchev–Trinajstić information content (AvgIpc) is 1.61. The molecule has 2 N–H and O–H groups in total. The summed E-state index contributed by atoms with van der Waals surface area (Å²) in [5, 5.41) is 0. The third kappa shape index (κ3) is 4.62. The standard InChI is InChI=1S/C2H8N2S2/c1-3-5-6-4-2/h3-4H,1-2H3. The lowest BCUT2D eigenvalue weighted by atomic mass is 11.6. The molecule has 0 radical (unpaired) electrons. The van der Waals surface area contributed by atoms with Gasteiger partial charge in [-0.1, -0.05) is 0 Å². The molecule has 6 heavy (non-hydrogen) atoms. The first kappa shape index (κ1) is 6.62. The van der Waals surface area contributed by atoms with Gasteiger partial charge in [-0.25, -0.2) is 0 Å². The smallest absolute Gasteiger partial charge is 0.00492 e. The Labute approximate surface area is 46.1 Å². The first-order chi connectivity index (χ1) is 2.91. The van der Waals surface area contributed by atoms with Gasteiger partial charge in [0.1, 0.15) is 0 Å². The lowest BCUT2D eigenvalue weighted by Crippen LogP contribution is -1.93. The molecule has 4 heteroatoms. The second-order valence-electron chi connectivity index (χ2n) is 0.575. The number of rotatable bonds is 3. The fourth-order valence-electron chi connectivity index (χ4n) is 0.0833. The van der Waals surface area contributed by atoms with Gasteiger partial charge in [-0.05, 0) is 14.1 Å². The van der Waals surface area contributed by atoms with Gasteiger partial charge in [0.25, 0.3) is 0 Å². The van der Waals surface area contributed by atoms with Crippen molar-refractivity contribution in [1.82, 2.24) is 9.44 Å². The van der Waals surface area contributed by atoms with E-state index in [1.807, 2.05) is 14.1 Å². The Morgan fingerprint density at radius 3 is 1.50 bits per heavy atom. The number of hydrogen-bond donors (Lipinski definition) is 2. The summed E-state index contributed by atoms with van der Waals surface area (Å²) in [5.41, 5.74) is 0. The van der Waals surface area contributed by atoms with Crippen molar-refractivity contribution in [3.63, 3.8) is 0 Å². The highest BCUT2D eigenvalue weighted by molar-refractivity contribution is 8.75. The Hall–Kier alpha value is 0.620. The molecule has 0 atom stereocenters. The molecule has 38 valence electrons. The highest BCUT2D eigenvalue weighted by atomic mass is 33.1. The molecule has 0 aromatic heterocycles. The molecule has 0 heterocycles. The zero-order valence-electron chi connectivity index (χ0n) is 3.82.